The van der Waals surface area contributed by atoms with Crippen LogP contribution in [0.4, 0.5) is 5.82 Å². The number of hydrogen-bond donors (Lipinski definition) is 1. The lowest BCUT2D eigenvalue weighted by Crippen LogP contribution is -2.01. The molecule has 2 heterocycles. The van der Waals surface area contributed by atoms with Gasteiger partial charge in [-0.25, -0.2) is 0 Å². The highest BCUT2D eigenvalue weighted by molar-refractivity contribution is 6.32. The first-order valence-electron chi connectivity index (χ1n) is 4.23. The maximum Gasteiger partial charge on any atom is 0.164 e. The van der Waals surface area contributed by atoms with Crippen LogP contribution in [0.15, 0.2) is 24.7 Å². The number of nitrogens with two attached hydrogens (primary N) is 1. The van der Waals surface area contributed by atoms with Crippen molar-refractivity contribution < 1.29 is 0 Å². The first-order valence-corrected chi connectivity index (χ1v) is 4.99. The zero-order chi connectivity index (χ0) is 10.8. The highest BCUT2D eigenvalue weighted by Crippen LogP contribution is 2.18. The van der Waals surface area contributed by atoms with Crippen molar-refractivity contribution >= 4 is 29.0 Å². The Labute approximate surface area is 96.6 Å². The van der Waals surface area contributed by atoms with E-state index in [1.807, 2.05) is 6.07 Å². The quantitative estimate of drug-likeness (QED) is 0.879. The third kappa shape index (κ3) is 2.22. The number of nitrogen functional groups attached to an aromatic ring is 1. The van der Waals surface area contributed by atoms with Crippen LogP contribution in [0.25, 0.3) is 0 Å². The largest absolute Gasteiger partial charge is 0.381 e. The Morgan fingerprint density at radius 2 is 2.13 bits per heavy atom. The van der Waals surface area contributed by atoms with Crippen LogP contribution in [0.1, 0.15) is 5.56 Å². The molecule has 6 heteroatoms. The van der Waals surface area contributed by atoms with E-state index in [4.69, 9.17) is 28.9 Å². The third-order valence-corrected chi connectivity index (χ3v) is 2.56. The van der Waals surface area contributed by atoms with E-state index in [2.05, 4.69) is 10.1 Å². The molecule has 4 nitrogen and oxygen atoms in total. The summed E-state index contributed by atoms with van der Waals surface area (Å²) in [5, 5.41) is 5.07. The smallest absolute Gasteiger partial charge is 0.164 e. The molecule has 0 saturated heterocycles. The minimum atomic E-state index is 0.321. The molecule has 0 unspecified atom stereocenters. The van der Waals surface area contributed by atoms with Crippen LogP contribution in [0, 0.1) is 0 Å². The van der Waals surface area contributed by atoms with Gasteiger partial charge in [0.2, 0.25) is 0 Å². The average Bonchev–Trinajstić information content (AvgIpc) is 2.50. The molecule has 2 rings (SSSR count). The SMILES string of the molecule is Nc1nn(Cc2ccncc2Cl)cc1Cl. The van der Waals surface area contributed by atoms with Crippen molar-refractivity contribution in [3.63, 3.8) is 0 Å². The molecule has 0 aliphatic heterocycles. The van der Waals surface area contributed by atoms with Crippen molar-refractivity contribution in [2.24, 2.45) is 0 Å². The monoisotopic (exact) mass is 242 g/mol. The molecule has 0 aromatic carbocycles. The Morgan fingerprint density at radius 3 is 2.73 bits per heavy atom. The van der Waals surface area contributed by atoms with E-state index in [-0.39, 0.29) is 0 Å². The summed E-state index contributed by atoms with van der Waals surface area (Å²) in [7, 11) is 0. The minimum absolute atomic E-state index is 0.321. The minimum Gasteiger partial charge on any atom is -0.381 e. The zero-order valence-corrected chi connectivity index (χ0v) is 9.20. The van der Waals surface area contributed by atoms with Crippen molar-refractivity contribution in [3.05, 3.63) is 40.3 Å². The molecule has 0 amide bonds. The highest BCUT2D eigenvalue weighted by atomic mass is 35.5. The predicted octanol–water partition coefficient (Wildman–Crippen LogP) is 2.22. The molecule has 0 bridgehead atoms. The van der Waals surface area contributed by atoms with Crippen LogP contribution in [0.5, 0.6) is 0 Å². The number of hydrogen-bond acceptors (Lipinski definition) is 3. The molecule has 0 aliphatic rings. The van der Waals surface area contributed by atoms with E-state index in [1.165, 1.54) is 0 Å². The molecule has 0 saturated carbocycles. The van der Waals surface area contributed by atoms with E-state index < -0.39 is 0 Å². The summed E-state index contributed by atoms with van der Waals surface area (Å²) in [4.78, 5) is 3.90. The number of pyridine rings is 1. The van der Waals surface area contributed by atoms with Gasteiger partial charge in [0.1, 0.15) is 5.02 Å². The van der Waals surface area contributed by atoms with E-state index in [0.29, 0.717) is 22.4 Å². The van der Waals surface area contributed by atoms with Crippen molar-refractivity contribution in [2.45, 2.75) is 6.54 Å². The van der Waals surface area contributed by atoms with Crippen LogP contribution in [-0.2, 0) is 6.54 Å². The van der Waals surface area contributed by atoms with Gasteiger partial charge >= 0.3 is 0 Å². The molecular formula is C9H8Cl2N4. The second-order valence-corrected chi connectivity index (χ2v) is 3.84. The number of aromatic nitrogens is 3. The summed E-state index contributed by atoms with van der Waals surface area (Å²) in [6.45, 7) is 0.526. The number of nitrogens with zero attached hydrogens (tertiary/aromatic N) is 3. The van der Waals surface area contributed by atoms with Gasteiger partial charge in [-0.3, -0.25) is 9.67 Å². The molecule has 2 aromatic heterocycles. The predicted molar refractivity (Wildman–Crippen MR) is 60.0 cm³/mol. The Kier molecular flexibility index (Phi) is 2.79. The van der Waals surface area contributed by atoms with Crippen LogP contribution in [0.3, 0.4) is 0 Å². The van der Waals surface area contributed by atoms with Gasteiger partial charge < -0.3 is 5.73 Å². The van der Waals surface area contributed by atoms with Gasteiger partial charge in [0.25, 0.3) is 0 Å². The lowest BCUT2D eigenvalue weighted by atomic mass is 10.3. The fourth-order valence-corrected chi connectivity index (χ4v) is 1.53. The van der Waals surface area contributed by atoms with Crippen LogP contribution >= 0.6 is 23.2 Å². The van der Waals surface area contributed by atoms with Gasteiger partial charge in [0, 0.05) is 18.6 Å². The highest BCUT2D eigenvalue weighted by Gasteiger charge is 2.05. The number of anilines is 1. The van der Waals surface area contributed by atoms with Crippen molar-refractivity contribution in [3.8, 4) is 0 Å². The lowest BCUT2D eigenvalue weighted by molar-refractivity contribution is 0.689. The third-order valence-electron chi connectivity index (χ3n) is 1.93. The Hall–Kier alpha value is -1.26. The fourth-order valence-electron chi connectivity index (χ4n) is 1.20. The second kappa shape index (κ2) is 4.08. The molecular weight excluding hydrogens is 235 g/mol. The first-order chi connectivity index (χ1) is 7.16. The molecule has 2 N–H and O–H groups in total. The molecule has 78 valence electrons. The van der Waals surface area contributed by atoms with Crippen LogP contribution < -0.4 is 5.73 Å². The topological polar surface area (TPSA) is 56.7 Å². The standard InChI is InChI=1S/C9H8Cl2N4/c10-7-3-13-2-1-6(7)4-15-5-8(11)9(12)14-15/h1-3,5H,4H2,(H2,12,14). The molecule has 0 aliphatic carbocycles. The molecule has 0 fully saturated rings. The van der Waals surface area contributed by atoms with E-state index in [0.717, 1.165) is 5.56 Å². The van der Waals surface area contributed by atoms with Gasteiger partial charge in [0.05, 0.1) is 11.6 Å². The average molecular weight is 243 g/mol. The summed E-state index contributed by atoms with van der Waals surface area (Å²) in [5.74, 6) is 0.321. The van der Waals surface area contributed by atoms with Gasteiger partial charge in [-0.2, -0.15) is 5.10 Å². The van der Waals surface area contributed by atoms with Crippen LogP contribution in [0.2, 0.25) is 10.0 Å². The van der Waals surface area contributed by atoms with Gasteiger partial charge in [-0.05, 0) is 11.6 Å². The summed E-state index contributed by atoms with van der Waals surface area (Å²) in [6.07, 6.45) is 4.93. The van der Waals surface area contributed by atoms with E-state index in [9.17, 15) is 0 Å². The van der Waals surface area contributed by atoms with E-state index >= 15 is 0 Å². The second-order valence-electron chi connectivity index (χ2n) is 3.03. The normalized spacial score (nSPS) is 10.5. The van der Waals surface area contributed by atoms with Crippen LogP contribution in [-0.4, -0.2) is 14.8 Å². The van der Waals surface area contributed by atoms with Crippen molar-refractivity contribution in [2.75, 3.05) is 5.73 Å². The van der Waals surface area contributed by atoms with Gasteiger partial charge in [0.15, 0.2) is 5.82 Å². The Bertz CT molecular complexity index is 461. The van der Waals surface area contributed by atoms with Crippen molar-refractivity contribution in [1.29, 1.82) is 0 Å². The van der Waals surface area contributed by atoms with Gasteiger partial charge in [-0.15, -0.1) is 0 Å². The van der Waals surface area contributed by atoms with Crippen molar-refractivity contribution in [1.82, 2.24) is 14.8 Å². The Morgan fingerprint density at radius 1 is 1.33 bits per heavy atom. The summed E-state index contributed by atoms with van der Waals surface area (Å²) in [6, 6.07) is 1.83. The zero-order valence-electron chi connectivity index (χ0n) is 7.69. The molecule has 0 spiro atoms. The summed E-state index contributed by atoms with van der Waals surface area (Å²) in [5.41, 5.74) is 6.45. The molecule has 0 atom stereocenters. The number of halogens is 2. The molecule has 2 aromatic rings. The van der Waals surface area contributed by atoms with E-state index in [1.54, 1.807) is 23.3 Å². The first kappa shape index (κ1) is 10.3. The fraction of sp³-hybridized carbons (Fsp3) is 0.111. The Balaban J connectivity index is 2.26. The maximum atomic E-state index is 5.95. The molecule has 15 heavy (non-hydrogen) atoms. The summed E-state index contributed by atoms with van der Waals surface area (Å²) < 4.78 is 1.64. The van der Waals surface area contributed by atoms with Gasteiger partial charge in [-0.1, -0.05) is 23.2 Å². The number of rotatable bonds is 2. The lowest BCUT2D eigenvalue weighted by Gasteiger charge is -2.02. The summed E-state index contributed by atoms with van der Waals surface area (Å²) >= 11 is 11.7. The maximum absolute atomic E-state index is 5.95. The molecule has 0 radical (unpaired) electrons.